The molecule has 31 heavy (non-hydrogen) atoms. The molecular weight excluding hydrogens is 480 g/mol. The maximum absolute atomic E-state index is 13.2. The molecule has 2 aromatic rings. The molecule has 0 saturated carbocycles. The quantitative estimate of drug-likeness (QED) is 0.450. The molecule has 7 heteroatoms. The van der Waals surface area contributed by atoms with Crippen LogP contribution < -0.4 is 10.1 Å². The van der Waals surface area contributed by atoms with Gasteiger partial charge < -0.3 is 15.0 Å². The number of nitrogens with one attached hydrogen (secondary N) is 1. The van der Waals surface area contributed by atoms with E-state index in [1.807, 2.05) is 51.1 Å². The maximum Gasteiger partial charge on any atom is 0.261 e. The molecule has 5 nitrogen and oxygen atoms in total. The predicted molar refractivity (Wildman–Crippen MR) is 128 cm³/mol. The number of amides is 2. The molecule has 2 unspecified atom stereocenters. The second kappa shape index (κ2) is 12.7. The van der Waals surface area contributed by atoms with Crippen LogP contribution in [0.4, 0.5) is 0 Å². The monoisotopic (exact) mass is 508 g/mol. The Kier molecular flexibility index (Phi) is 10.3. The van der Waals surface area contributed by atoms with Gasteiger partial charge in [0, 0.05) is 17.6 Å². The summed E-state index contributed by atoms with van der Waals surface area (Å²) in [4.78, 5) is 27.7. The Hall–Kier alpha value is -2.05. The number of carbonyl (C=O) groups excluding carboxylic acids is 2. The van der Waals surface area contributed by atoms with E-state index in [1.54, 1.807) is 23.1 Å². The van der Waals surface area contributed by atoms with Crippen molar-refractivity contribution in [3.8, 4) is 5.75 Å². The minimum absolute atomic E-state index is 0.0499. The van der Waals surface area contributed by atoms with Crippen molar-refractivity contribution in [1.82, 2.24) is 10.2 Å². The lowest BCUT2D eigenvalue weighted by atomic mass is 10.1. The number of rotatable bonds is 11. The number of halogens is 2. The number of benzene rings is 2. The Balaban J connectivity index is 2.15. The number of ether oxygens (including phenoxy) is 1. The molecule has 0 aromatic heterocycles. The van der Waals surface area contributed by atoms with Crippen LogP contribution in [-0.2, 0) is 16.0 Å². The van der Waals surface area contributed by atoms with E-state index in [-0.39, 0.29) is 24.5 Å². The number of nitrogens with zero attached hydrogens (tertiary/aromatic N) is 1. The van der Waals surface area contributed by atoms with E-state index in [9.17, 15) is 9.59 Å². The van der Waals surface area contributed by atoms with Gasteiger partial charge in [-0.25, -0.2) is 0 Å². The lowest BCUT2D eigenvalue weighted by molar-refractivity contribution is -0.142. The van der Waals surface area contributed by atoms with Gasteiger partial charge in [0.05, 0.1) is 4.47 Å². The van der Waals surface area contributed by atoms with Crippen LogP contribution in [0.3, 0.4) is 0 Å². The third kappa shape index (κ3) is 7.86. The fourth-order valence-corrected chi connectivity index (χ4v) is 3.95. The average molecular weight is 510 g/mol. The van der Waals surface area contributed by atoms with Gasteiger partial charge in [0.2, 0.25) is 5.91 Å². The highest BCUT2D eigenvalue weighted by atomic mass is 79.9. The summed E-state index contributed by atoms with van der Waals surface area (Å²) in [5.41, 5.74) is 1.11. The van der Waals surface area contributed by atoms with Crippen molar-refractivity contribution in [2.45, 2.75) is 52.1 Å². The van der Waals surface area contributed by atoms with Gasteiger partial charge in [-0.2, -0.15) is 0 Å². The molecule has 0 heterocycles. The molecule has 0 radical (unpaired) electrons. The van der Waals surface area contributed by atoms with Gasteiger partial charge in [0.15, 0.2) is 6.61 Å². The van der Waals surface area contributed by atoms with Crippen LogP contribution >= 0.6 is 27.5 Å². The molecule has 0 fully saturated rings. The molecule has 0 bridgehead atoms. The van der Waals surface area contributed by atoms with Crippen LogP contribution in [0.2, 0.25) is 5.02 Å². The van der Waals surface area contributed by atoms with Crippen LogP contribution in [0.15, 0.2) is 53.0 Å². The van der Waals surface area contributed by atoms with Crippen molar-refractivity contribution in [2.75, 3.05) is 13.2 Å². The van der Waals surface area contributed by atoms with Gasteiger partial charge in [-0.3, -0.25) is 9.59 Å². The van der Waals surface area contributed by atoms with Crippen LogP contribution in [0.5, 0.6) is 5.75 Å². The van der Waals surface area contributed by atoms with E-state index < -0.39 is 6.04 Å². The molecular formula is C24H30BrClN2O3. The van der Waals surface area contributed by atoms with Gasteiger partial charge in [0.1, 0.15) is 11.8 Å². The highest BCUT2D eigenvalue weighted by molar-refractivity contribution is 9.10. The summed E-state index contributed by atoms with van der Waals surface area (Å²) in [6.07, 6.45) is 2.01. The summed E-state index contributed by atoms with van der Waals surface area (Å²) in [5.74, 6) is 0.160. The third-order valence-electron chi connectivity index (χ3n) is 5.12. The van der Waals surface area contributed by atoms with E-state index in [4.69, 9.17) is 16.3 Å². The summed E-state index contributed by atoms with van der Waals surface area (Å²) in [6, 6.07) is 14.5. The molecule has 2 atom stereocenters. The van der Waals surface area contributed by atoms with Gasteiger partial charge >= 0.3 is 0 Å². The lowest BCUT2D eigenvalue weighted by Gasteiger charge is -2.31. The topological polar surface area (TPSA) is 58.6 Å². The number of hydrogen-bond donors (Lipinski definition) is 1. The fourth-order valence-electron chi connectivity index (χ4n) is 3.15. The normalized spacial score (nSPS) is 12.7. The Morgan fingerprint density at radius 1 is 1.13 bits per heavy atom. The maximum atomic E-state index is 13.2. The van der Waals surface area contributed by atoms with Crippen LogP contribution in [-0.4, -0.2) is 41.9 Å². The molecule has 1 N–H and O–H groups in total. The van der Waals surface area contributed by atoms with Crippen molar-refractivity contribution in [2.24, 2.45) is 0 Å². The highest BCUT2D eigenvalue weighted by Crippen LogP contribution is 2.28. The van der Waals surface area contributed by atoms with E-state index in [2.05, 4.69) is 21.2 Å². The summed E-state index contributed by atoms with van der Waals surface area (Å²) in [7, 11) is 0. The molecule has 0 spiro atoms. The largest absolute Gasteiger partial charge is 0.483 e. The lowest BCUT2D eigenvalue weighted by Crippen LogP contribution is -2.52. The van der Waals surface area contributed by atoms with Crippen molar-refractivity contribution in [1.29, 1.82) is 0 Å². The Labute approximate surface area is 198 Å². The van der Waals surface area contributed by atoms with Gasteiger partial charge in [-0.05, 0) is 65.9 Å². The van der Waals surface area contributed by atoms with Crippen molar-refractivity contribution < 1.29 is 14.3 Å². The molecule has 0 saturated heterocycles. The van der Waals surface area contributed by atoms with Crippen molar-refractivity contribution in [3.05, 3.63) is 63.6 Å². The van der Waals surface area contributed by atoms with E-state index in [0.29, 0.717) is 34.6 Å². The Morgan fingerprint density at radius 2 is 1.84 bits per heavy atom. The van der Waals surface area contributed by atoms with Gasteiger partial charge in [0.25, 0.3) is 5.91 Å². The molecule has 0 aliphatic carbocycles. The molecule has 2 amide bonds. The average Bonchev–Trinajstić information content (AvgIpc) is 2.76. The van der Waals surface area contributed by atoms with Crippen LogP contribution in [0, 0.1) is 0 Å². The smallest absolute Gasteiger partial charge is 0.261 e. The third-order valence-corrected chi connectivity index (χ3v) is 5.97. The minimum atomic E-state index is -0.553. The van der Waals surface area contributed by atoms with Crippen LogP contribution in [0.25, 0.3) is 0 Å². The summed E-state index contributed by atoms with van der Waals surface area (Å²) in [6.45, 7) is 6.16. The van der Waals surface area contributed by atoms with Gasteiger partial charge in [-0.15, -0.1) is 0 Å². The van der Waals surface area contributed by atoms with E-state index in [1.165, 1.54) is 0 Å². The number of hydrogen-bond acceptors (Lipinski definition) is 3. The molecule has 0 aliphatic rings. The summed E-state index contributed by atoms with van der Waals surface area (Å²) in [5, 5.41) is 3.58. The summed E-state index contributed by atoms with van der Waals surface area (Å²) >= 11 is 9.37. The second-order valence-corrected chi connectivity index (χ2v) is 8.72. The van der Waals surface area contributed by atoms with Gasteiger partial charge in [-0.1, -0.05) is 55.8 Å². The first kappa shape index (κ1) is 25.2. The highest BCUT2D eigenvalue weighted by Gasteiger charge is 2.29. The second-order valence-electron chi connectivity index (χ2n) is 7.43. The van der Waals surface area contributed by atoms with E-state index >= 15 is 0 Å². The molecule has 2 rings (SSSR count). The SMILES string of the molecule is CCC(C)NC(=O)C(CC)N(CCc1ccccc1)C(=O)COc1ccc(Cl)cc1Br. The first-order chi connectivity index (χ1) is 14.8. The first-order valence-electron chi connectivity index (χ1n) is 10.6. The van der Waals surface area contributed by atoms with E-state index in [0.717, 1.165) is 12.0 Å². The molecule has 0 aliphatic heterocycles. The summed E-state index contributed by atoms with van der Waals surface area (Å²) < 4.78 is 6.41. The molecule has 2 aromatic carbocycles. The zero-order valence-electron chi connectivity index (χ0n) is 18.2. The molecule has 168 valence electrons. The zero-order valence-corrected chi connectivity index (χ0v) is 20.6. The van der Waals surface area contributed by atoms with Crippen molar-refractivity contribution in [3.63, 3.8) is 0 Å². The Bertz CT molecular complexity index is 863. The van der Waals surface area contributed by atoms with Crippen LogP contribution in [0.1, 0.15) is 39.2 Å². The number of carbonyl (C=O) groups is 2. The fraction of sp³-hybridized carbons (Fsp3) is 0.417. The first-order valence-corrected chi connectivity index (χ1v) is 11.7. The van der Waals surface area contributed by atoms with Crippen molar-refractivity contribution >= 4 is 39.3 Å². The standard InChI is InChI=1S/C24H30BrClN2O3/c1-4-17(3)27-24(30)21(5-2)28(14-13-18-9-7-6-8-10-18)23(29)16-31-22-12-11-19(26)15-20(22)25/h6-12,15,17,21H,4-5,13-14,16H2,1-3H3,(H,27,30). The predicted octanol–water partition coefficient (Wildman–Crippen LogP) is 5.25. The Morgan fingerprint density at radius 3 is 2.45 bits per heavy atom. The minimum Gasteiger partial charge on any atom is -0.483 e. The zero-order chi connectivity index (χ0) is 22.8.